The number of fused-ring (bicyclic) bond motifs is 4. The molecule has 6 aromatic rings. The number of rotatable bonds is 8. The van der Waals surface area contributed by atoms with Crippen LogP contribution in [0.5, 0.6) is 0 Å². The van der Waals surface area contributed by atoms with Crippen LogP contribution in [0.4, 0.5) is 0 Å². The number of nitrogens with one attached hydrogen (secondary N) is 4. The number of nitrogens with zero attached hydrogens (tertiary/aromatic N) is 6. The summed E-state index contributed by atoms with van der Waals surface area (Å²) in [5.74, 6) is -2.14. The Morgan fingerprint density at radius 1 is 0.518 bits per heavy atom. The molecule has 4 N–H and O–H groups in total. The van der Waals surface area contributed by atoms with Gasteiger partial charge in [-0.3, -0.25) is 19.2 Å². The van der Waals surface area contributed by atoms with E-state index in [0.29, 0.717) is 35.6 Å². The molecule has 4 bridgehead atoms. The number of aromatic nitrogens is 4. The van der Waals surface area contributed by atoms with Crippen molar-refractivity contribution in [1.29, 1.82) is 0 Å². The Morgan fingerprint density at radius 2 is 0.946 bits per heavy atom. The van der Waals surface area contributed by atoms with Gasteiger partial charge in [-0.15, -0.1) is 0 Å². The first-order valence-corrected chi connectivity index (χ1v) is 17.9. The van der Waals surface area contributed by atoms with E-state index in [4.69, 9.17) is 0 Å². The highest BCUT2D eigenvalue weighted by Gasteiger charge is 2.25. The van der Waals surface area contributed by atoms with Gasteiger partial charge in [0, 0.05) is 49.5 Å². The first-order valence-electron chi connectivity index (χ1n) is 17.9. The number of carbonyl (C=O) groups excluding carboxylic acids is 4. The van der Waals surface area contributed by atoms with Crippen molar-refractivity contribution in [1.82, 2.24) is 40.6 Å². The molecule has 0 unspecified atom stereocenters. The molecule has 0 saturated carbocycles. The van der Waals surface area contributed by atoms with E-state index in [0.717, 1.165) is 11.1 Å². The Kier molecular flexibility index (Phi) is 11.6. The van der Waals surface area contributed by atoms with Gasteiger partial charge in [-0.1, -0.05) is 84.9 Å². The highest BCUT2D eigenvalue weighted by Crippen LogP contribution is 2.11. The molecule has 1 aliphatic heterocycles. The van der Waals surface area contributed by atoms with Crippen LogP contribution in [-0.2, 0) is 35.5 Å². The van der Waals surface area contributed by atoms with Crippen LogP contribution in [0, 0.1) is 0 Å². The summed E-state index contributed by atoms with van der Waals surface area (Å²) in [7, 11) is 0. The number of amides is 4. The van der Waals surface area contributed by atoms with E-state index in [9.17, 15) is 19.2 Å². The first-order chi connectivity index (χ1) is 27.3. The number of carbonyl (C=O) groups is 4. The summed E-state index contributed by atoms with van der Waals surface area (Å²) in [5.41, 5.74) is 9.95. The maximum atomic E-state index is 13.6. The molecule has 7 rings (SSSR count). The SMILES string of the molecule is O=C1N[C@@H](Cc2cn(Cc3ccccc3)cn2)C(=O)N/N=C/c2cccc(c2)C(=O)N[C@@H](Cc2cn(Cc3ccccc3)cn2)C(=O)N/N=C/c2cccc1c2. The molecular formula is C42H38N10O4. The second-order valence-corrected chi connectivity index (χ2v) is 13.2. The van der Waals surface area contributed by atoms with E-state index >= 15 is 0 Å². The molecule has 3 heterocycles. The number of hydrogen-bond acceptors (Lipinski definition) is 8. The number of hydrogen-bond donors (Lipinski definition) is 4. The number of imidazole rings is 2. The molecule has 4 aromatic carbocycles. The zero-order valence-corrected chi connectivity index (χ0v) is 30.2. The fourth-order valence-electron chi connectivity index (χ4n) is 6.12. The standard InChI is InChI=1S/C42H38N10O4/c53-39-33-15-7-13-31(17-33)22-46-50-42(56)38(20-36-26-52(28-44-36)24-30-11-5-2-6-12-30)48-40(54)34-16-8-14-32(18-34)21-45-49-41(55)37(47-39)19-35-25-51(27-43-35)23-29-9-3-1-4-10-29/h1-18,21-22,25-28,37-38H,19-20,23-24H2,(H,47,53)(H,48,54)(H,49,55)(H,50,56)/b45-21+,46-22+/t37-,38-/m0/s1. The van der Waals surface area contributed by atoms with E-state index < -0.39 is 35.7 Å². The Morgan fingerprint density at radius 3 is 1.38 bits per heavy atom. The third kappa shape index (κ3) is 9.93. The Bertz CT molecular complexity index is 2220. The fourth-order valence-corrected chi connectivity index (χ4v) is 6.12. The first kappa shape index (κ1) is 36.9. The van der Waals surface area contributed by atoms with Gasteiger partial charge < -0.3 is 19.8 Å². The molecule has 0 saturated heterocycles. The second-order valence-electron chi connectivity index (χ2n) is 13.2. The van der Waals surface area contributed by atoms with Crippen molar-refractivity contribution in [3.63, 3.8) is 0 Å². The van der Waals surface area contributed by atoms with Crippen LogP contribution < -0.4 is 21.5 Å². The summed E-state index contributed by atoms with van der Waals surface area (Å²) in [6.45, 7) is 1.18. The molecule has 2 atom stereocenters. The van der Waals surface area contributed by atoms with Gasteiger partial charge in [0.2, 0.25) is 0 Å². The molecule has 56 heavy (non-hydrogen) atoms. The average molecular weight is 747 g/mol. The van der Waals surface area contributed by atoms with Crippen molar-refractivity contribution in [2.24, 2.45) is 10.2 Å². The Balaban J connectivity index is 1.12. The van der Waals surface area contributed by atoms with Crippen LogP contribution >= 0.6 is 0 Å². The molecule has 14 nitrogen and oxygen atoms in total. The van der Waals surface area contributed by atoms with Gasteiger partial charge in [-0.25, -0.2) is 20.8 Å². The minimum Gasteiger partial charge on any atom is -0.340 e. The minimum absolute atomic E-state index is 0.0894. The third-order valence-corrected chi connectivity index (χ3v) is 8.93. The highest BCUT2D eigenvalue weighted by molar-refractivity contribution is 6.00. The van der Waals surface area contributed by atoms with E-state index in [1.54, 1.807) is 61.2 Å². The zero-order chi connectivity index (χ0) is 38.7. The largest absolute Gasteiger partial charge is 0.340 e. The highest BCUT2D eigenvalue weighted by atomic mass is 16.2. The molecule has 280 valence electrons. The predicted octanol–water partition coefficient (Wildman–Crippen LogP) is 3.47. The van der Waals surface area contributed by atoms with E-state index in [1.165, 1.54) is 12.4 Å². The van der Waals surface area contributed by atoms with Gasteiger partial charge in [-0.2, -0.15) is 10.2 Å². The van der Waals surface area contributed by atoms with E-state index in [2.05, 4.69) is 41.7 Å². The summed E-state index contributed by atoms with van der Waals surface area (Å²) in [6.07, 6.45) is 9.98. The van der Waals surface area contributed by atoms with Gasteiger partial charge in [0.05, 0.1) is 36.5 Å². The maximum absolute atomic E-state index is 13.6. The van der Waals surface area contributed by atoms with Gasteiger partial charge in [-0.05, 0) is 46.5 Å². The third-order valence-electron chi connectivity index (χ3n) is 8.93. The van der Waals surface area contributed by atoms with E-state index in [1.807, 2.05) is 82.2 Å². The van der Waals surface area contributed by atoms with Crippen molar-refractivity contribution in [2.75, 3.05) is 0 Å². The van der Waals surface area contributed by atoms with Crippen LogP contribution in [0.2, 0.25) is 0 Å². The fraction of sp³-hybridized carbons (Fsp3) is 0.143. The summed E-state index contributed by atoms with van der Waals surface area (Å²) in [6, 6.07) is 30.8. The molecule has 4 amide bonds. The minimum atomic E-state index is -1.04. The van der Waals surface area contributed by atoms with Crippen molar-refractivity contribution in [3.8, 4) is 0 Å². The topological polar surface area (TPSA) is 177 Å². The lowest BCUT2D eigenvalue weighted by molar-refractivity contribution is -0.123. The summed E-state index contributed by atoms with van der Waals surface area (Å²) in [4.78, 5) is 63.1. The Labute approximate surface area is 322 Å². The maximum Gasteiger partial charge on any atom is 0.263 e. The van der Waals surface area contributed by atoms with E-state index in [-0.39, 0.29) is 24.0 Å². The van der Waals surface area contributed by atoms with Crippen molar-refractivity contribution in [3.05, 3.63) is 179 Å². The van der Waals surface area contributed by atoms with Crippen molar-refractivity contribution >= 4 is 36.1 Å². The lowest BCUT2D eigenvalue weighted by Crippen LogP contribution is -2.47. The molecule has 0 spiro atoms. The summed E-state index contributed by atoms with van der Waals surface area (Å²) >= 11 is 0. The number of hydrazone groups is 2. The van der Waals surface area contributed by atoms with Crippen LogP contribution in [0.3, 0.4) is 0 Å². The molecule has 0 radical (unpaired) electrons. The van der Waals surface area contributed by atoms with Gasteiger partial charge in [0.25, 0.3) is 23.6 Å². The molecule has 0 aliphatic carbocycles. The molecule has 1 aliphatic rings. The van der Waals surface area contributed by atoms with Crippen LogP contribution in [0.1, 0.15) is 54.4 Å². The van der Waals surface area contributed by atoms with Gasteiger partial charge in [0.15, 0.2) is 0 Å². The molecule has 14 heteroatoms. The smallest absolute Gasteiger partial charge is 0.263 e. The molecular weight excluding hydrogens is 709 g/mol. The zero-order valence-electron chi connectivity index (χ0n) is 30.2. The lowest BCUT2D eigenvalue weighted by atomic mass is 10.1. The van der Waals surface area contributed by atoms with Crippen LogP contribution in [-0.4, -0.2) is 67.2 Å². The average Bonchev–Trinajstić information content (AvgIpc) is 3.86. The summed E-state index contributed by atoms with van der Waals surface area (Å²) < 4.78 is 3.81. The monoisotopic (exact) mass is 746 g/mol. The van der Waals surface area contributed by atoms with Crippen LogP contribution in [0.25, 0.3) is 0 Å². The lowest BCUT2D eigenvalue weighted by Gasteiger charge is -2.17. The quantitative estimate of drug-likeness (QED) is 0.185. The number of benzene rings is 4. The Hall–Kier alpha value is -7.48. The molecule has 0 fully saturated rings. The second kappa shape index (κ2) is 17.6. The summed E-state index contributed by atoms with van der Waals surface area (Å²) in [5, 5.41) is 13.9. The van der Waals surface area contributed by atoms with Crippen LogP contribution in [0.15, 0.2) is 144 Å². The predicted molar refractivity (Wildman–Crippen MR) is 210 cm³/mol. The normalized spacial score (nSPS) is 17.5. The van der Waals surface area contributed by atoms with Gasteiger partial charge in [0.1, 0.15) is 12.1 Å². The van der Waals surface area contributed by atoms with Gasteiger partial charge >= 0.3 is 0 Å². The molecule has 2 aromatic heterocycles. The van der Waals surface area contributed by atoms with Crippen molar-refractivity contribution < 1.29 is 19.2 Å². The van der Waals surface area contributed by atoms with Crippen molar-refractivity contribution in [2.45, 2.75) is 38.0 Å².